The number of benzene rings is 1. The lowest BCUT2D eigenvalue weighted by Crippen LogP contribution is -2.31. The zero-order valence-electron chi connectivity index (χ0n) is 16.2. The molecule has 0 bridgehead atoms. The van der Waals surface area contributed by atoms with E-state index in [0.29, 0.717) is 12.7 Å². The summed E-state index contributed by atoms with van der Waals surface area (Å²) in [6.45, 7) is 5.99. The van der Waals surface area contributed by atoms with Gasteiger partial charge < -0.3 is 13.9 Å². The number of furan rings is 1. The van der Waals surface area contributed by atoms with Gasteiger partial charge in [-0.05, 0) is 56.2 Å². The highest BCUT2D eigenvalue weighted by Crippen LogP contribution is 2.27. The molecule has 0 radical (unpaired) electrons. The quantitative estimate of drug-likeness (QED) is 0.509. The van der Waals surface area contributed by atoms with Gasteiger partial charge in [-0.2, -0.15) is 0 Å². The normalized spacial score (nSPS) is 16.7. The average molecular weight is 399 g/mol. The van der Waals surface area contributed by atoms with Crippen molar-refractivity contribution in [3.8, 4) is 16.3 Å². The molecule has 3 aromatic rings. The van der Waals surface area contributed by atoms with E-state index in [1.54, 1.807) is 17.6 Å². The number of rotatable bonds is 9. The van der Waals surface area contributed by atoms with Crippen molar-refractivity contribution in [2.24, 2.45) is 0 Å². The molecule has 0 N–H and O–H groups in total. The molecule has 1 aliphatic heterocycles. The van der Waals surface area contributed by atoms with E-state index in [4.69, 9.17) is 18.9 Å². The highest BCUT2D eigenvalue weighted by atomic mass is 32.1. The fourth-order valence-electron chi connectivity index (χ4n) is 3.49. The second-order valence-corrected chi connectivity index (χ2v) is 7.84. The molecule has 1 atom stereocenters. The van der Waals surface area contributed by atoms with Crippen molar-refractivity contribution in [2.75, 3.05) is 19.8 Å². The zero-order chi connectivity index (χ0) is 19.2. The molecule has 1 fully saturated rings. The molecule has 0 aliphatic carbocycles. The predicted molar refractivity (Wildman–Crippen MR) is 111 cm³/mol. The van der Waals surface area contributed by atoms with Crippen molar-refractivity contribution in [3.05, 3.63) is 59.5 Å². The maximum atomic E-state index is 5.84. The van der Waals surface area contributed by atoms with Crippen LogP contribution in [0.15, 0.2) is 52.5 Å². The van der Waals surface area contributed by atoms with Gasteiger partial charge in [0.15, 0.2) is 0 Å². The number of nitrogens with zero attached hydrogens (tertiary/aromatic N) is 2. The van der Waals surface area contributed by atoms with Crippen LogP contribution in [0.4, 0.5) is 0 Å². The molecule has 1 aromatic carbocycles. The lowest BCUT2D eigenvalue weighted by Gasteiger charge is -2.23. The Balaban J connectivity index is 1.44. The molecule has 1 aliphatic rings. The molecule has 0 amide bonds. The maximum absolute atomic E-state index is 5.84. The Morgan fingerprint density at radius 1 is 1.21 bits per heavy atom. The van der Waals surface area contributed by atoms with Gasteiger partial charge in [0.05, 0.1) is 31.2 Å². The van der Waals surface area contributed by atoms with Gasteiger partial charge in [-0.15, -0.1) is 11.3 Å². The van der Waals surface area contributed by atoms with Crippen LogP contribution in [0.5, 0.6) is 5.75 Å². The molecular formula is C22H26N2O3S. The summed E-state index contributed by atoms with van der Waals surface area (Å²) < 4.78 is 16.9. The van der Waals surface area contributed by atoms with Crippen LogP contribution in [0.25, 0.3) is 10.6 Å². The molecule has 28 heavy (non-hydrogen) atoms. The van der Waals surface area contributed by atoms with E-state index in [-0.39, 0.29) is 0 Å². The number of ether oxygens (including phenoxy) is 2. The van der Waals surface area contributed by atoms with Crippen LogP contribution < -0.4 is 4.74 Å². The molecule has 6 heteroatoms. The van der Waals surface area contributed by atoms with Crippen molar-refractivity contribution in [3.63, 3.8) is 0 Å². The molecule has 4 rings (SSSR count). The Labute approximate surface area is 169 Å². The first-order chi connectivity index (χ1) is 13.8. The standard InChI is InChI=1S/C22H26N2O3S/c1-2-25-19-9-7-17(8-10-19)22-23-18(16-28-22)13-24(14-20-5-3-11-26-20)15-21-6-4-12-27-21/h3,5,7-11,16,21H,2,4,6,12-15H2,1H3. The minimum Gasteiger partial charge on any atom is -0.494 e. The average Bonchev–Trinajstić information content (AvgIpc) is 3.46. The van der Waals surface area contributed by atoms with Gasteiger partial charge in [-0.1, -0.05) is 0 Å². The molecule has 5 nitrogen and oxygen atoms in total. The van der Waals surface area contributed by atoms with Crippen molar-refractivity contribution < 1.29 is 13.9 Å². The Kier molecular flexibility index (Phi) is 6.41. The maximum Gasteiger partial charge on any atom is 0.123 e. The number of aromatic nitrogens is 1. The Bertz CT molecular complexity index is 839. The fourth-order valence-corrected chi connectivity index (χ4v) is 4.30. The summed E-state index contributed by atoms with van der Waals surface area (Å²) in [7, 11) is 0. The van der Waals surface area contributed by atoms with E-state index < -0.39 is 0 Å². The first kappa shape index (κ1) is 19.2. The molecule has 3 heterocycles. The van der Waals surface area contributed by atoms with E-state index in [9.17, 15) is 0 Å². The first-order valence-electron chi connectivity index (χ1n) is 9.84. The van der Waals surface area contributed by atoms with Crippen molar-refractivity contribution >= 4 is 11.3 Å². The van der Waals surface area contributed by atoms with Gasteiger partial charge in [0.25, 0.3) is 0 Å². The second kappa shape index (κ2) is 9.37. The van der Waals surface area contributed by atoms with Crippen LogP contribution in [0.2, 0.25) is 0 Å². The molecule has 0 saturated carbocycles. The van der Waals surface area contributed by atoms with E-state index in [1.165, 1.54) is 0 Å². The van der Waals surface area contributed by atoms with E-state index in [1.807, 2.05) is 31.2 Å². The van der Waals surface area contributed by atoms with Gasteiger partial charge in [0, 0.05) is 30.6 Å². The van der Waals surface area contributed by atoms with Gasteiger partial charge >= 0.3 is 0 Å². The van der Waals surface area contributed by atoms with Crippen LogP contribution in [-0.2, 0) is 17.8 Å². The van der Waals surface area contributed by atoms with E-state index >= 15 is 0 Å². The Morgan fingerprint density at radius 2 is 2.11 bits per heavy atom. The summed E-state index contributed by atoms with van der Waals surface area (Å²) in [5.74, 6) is 1.86. The van der Waals surface area contributed by atoms with E-state index in [0.717, 1.165) is 66.9 Å². The van der Waals surface area contributed by atoms with Gasteiger partial charge in [0.2, 0.25) is 0 Å². The second-order valence-electron chi connectivity index (χ2n) is 6.99. The molecule has 0 spiro atoms. The minimum atomic E-state index is 0.305. The Morgan fingerprint density at radius 3 is 2.82 bits per heavy atom. The monoisotopic (exact) mass is 398 g/mol. The third-order valence-corrected chi connectivity index (χ3v) is 5.74. The Hall–Kier alpha value is -2.15. The summed E-state index contributed by atoms with van der Waals surface area (Å²) >= 11 is 1.68. The summed E-state index contributed by atoms with van der Waals surface area (Å²) in [6.07, 6.45) is 4.31. The molecular weight excluding hydrogens is 372 g/mol. The number of hydrogen-bond donors (Lipinski definition) is 0. The lowest BCUT2D eigenvalue weighted by molar-refractivity contribution is 0.0651. The molecule has 1 unspecified atom stereocenters. The van der Waals surface area contributed by atoms with E-state index in [2.05, 4.69) is 22.4 Å². The van der Waals surface area contributed by atoms with Crippen LogP contribution in [0, 0.1) is 0 Å². The van der Waals surface area contributed by atoms with Gasteiger partial charge in [-0.25, -0.2) is 4.98 Å². The fraction of sp³-hybridized carbons (Fsp3) is 0.409. The summed E-state index contributed by atoms with van der Waals surface area (Å²) in [4.78, 5) is 7.23. The predicted octanol–water partition coefficient (Wildman–Crippen LogP) is 4.98. The van der Waals surface area contributed by atoms with Crippen LogP contribution in [0.3, 0.4) is 0 Å². The van der Waals surface area contributed by atoms with Gasteiger partial charge in [0.1, 0.15) is 16.5 Å². The summed E-state index contributed by atoms with van der Waals surface area (Å²) in [5, 5.41) is 3.18. The van der Waals surface area contributed by atoms with Crippen molar-refractivity contribution in [1.29, 1.82) is 0 Å². The zero-order valence-corrected chi connectivity index (χ0v) is 17.0. The third kappa shape index (κ3) is 5.01. The van der Waals surface area contributed by atoms with Gasteiger partial charge in [-0.3, -0.25) is 4.90 Å². The lowest BCUT2D eigenvalue weighted by atomic mass is 10.2. The van der Waals surface area contributed by atoms with Crippen LogP contribution in [0.1, 0.15) is 31.2 Å². The minimum absolute atomic E-state index is 0.305. The SMILES string of the molecule is CCOc1ccc(-c2nc(CN(Cc3ccco3)CC3CCCO3)cs2)cc1. The largest absolute Gasteiger partial charge is 0.494 e. The summed E-state index contributed by atoms with van der Waals surface area (Å²) in [5.41, 5.74) is 2.20. The van der Waals surface area contributed by atoms with Crippen molar-refractivity contribution in [1.82, 2.24) is 9.88 Å². The number of hydrogen-bond acceptors (Lipinski definition) is 6. The van der Waals surface area contributed by atoms with Crippen LogP contribution >= 0.6 is 11.3 Å². The topological polar surface area (TPSA) is 47.7 Å². The third-order valence-electron chi connectivity index (χ3n) is 4.79. The van der Waals surface area contributed by atoms with Crippen LogP contribution in [-0.4, -0.2) is 35.7 Å². The highest BCUT2D eigenvalue weighted by Gasteiger charge is 2.21. The molecule has 148 valence electrons. The highest BCUT2D eigenvalue weighted by molar-refractivity contribution is 7.13. The first-order valence-corrected chi connectivity index (χ1v) is 10.7. The van der Waals surface area contributed by atoms with Crippen molar-refractivity contribution in [2.45, 2.75) is 39.0 Å². The number of thiazole rings is 1. The summed E-state index contributed by atoms with van der Waals surface area (Å²) in [6, 6.07) is 12.1. The molecule has 2 aromatic heterocycles. The molecule has 1 saturated heterocycles. The smallest absolute Gasteiger partial charge is 0.123 e.